The van der Waals surface area contributed by atoms with E-state index >= 15 is 0 Å². The van der Waals surface area contributed by atoms with Crippen molar-refractivity contribution in [3.63, 3.8) is 0 Å². The van der Waals surface area contributed by atoms with Crippen molar-refractivity contribution in [3.8, 4) is 0 Å². The zero-order valence-corrected chi connectivity index (χ0v) is 9.52. The van der Waals surface area contributed by atoms with E-state index in [-0.39, 0.29) is 6.04 Å². The Morgan fingerprint density at radius 1 is 1.31 bits per heavy atom. The Bertz CT molecular complexity index is 195. The minimum absolute atomic E-state index is 0.144. The summed E-state index contributed by atoms with van der Waals surface area (Å²) < 4.78 is 41.6. The lowest BCUT2D eigenvalue weighted by atomic mass is 10.4. The van der Waals surface area contributed by atoms with Crippen LogP contribution in [0.1, 0.15) is 12.8 Å². The van der Waals surface area contributed by atoms with E-state index in [0.717, 1.165) is 12.8 Å². The summed E-state index contributed by atoms with van der Waals surface area (Å²) in [5, 5.41) is 3.05. The van der Waals surface area contributed by atoms with Crippen LogP contribution in [0.25, 0.3) is 0 Å². The van der Waals surface area contributed by atoms with Gasteiger partial charge in [0.15, 0.2) is 0 Å². The Kier molecular flexibility index (Phi) is 5.51. The Labute approximate surface area is 93.9 Å². The van der Waals surface area contributed by atoms with Gasteiger partial charge >= 0.3 is 6.18 Å². The lowest BCUT2D eigenvalue weighted by Gasteiger charge is -2.23. The van der Waals surface area contributed by atoms with Gasteiger partial charge in [-0.15, -0.1) is 0 Å². The summed E-state index contributed by atoms with van der Waals surface area (Å²) in [7, 11) is 1.60. The van der Waals surface area contributed by atoms with Gasteiger partial charge in [0.25, 0.3) is 0 Å². The van der Waals surface area contributed by atoms with Crippen molar-refractivity contribution in [2.24, 2.45) is 0 Å². The van der Waals surface area contributed by atoms with E-state index < -0.39 is 12.7 Å². The summed E-state index contributed by atoms with van der Waals surface area (Å²) in [6.45, 7) is 1.51. The van der Waals surface area contributed by atoms with Crippen LogP contribution in [0.5, 0.6) is 0 Å². The first-order chi connectivity index (χ1) is 7.53. The molecule has 0 spiro atoms. The highest BCUT2D eigenvalue weighted by atomic mass is 19.4. The summed E-state index contributed by atoms with van der Waals surface area (Å²) in [5.74, 6) is 0. The van der Waals surface area contributed by atoms with Crippen LogP contribution in [0.15, 0.2) is 0 Å². The fourth-order valence-corrected chi connectivity index (χ4v) is 1.58. The summed E-state index contributed by atoms with van der Waals surface area (Å²) in [4.78, 5) is 1.51. The van der Waals surface area contributed by atoms with Crippen molar-refractivity contribution in [2.75, 3.05) is 39.9 Å². The van der Waals surface area contributed by atoms with Gasteiger partial charge in [-0.05, 0) is 12.8 Å². The molecule has 0 amide bonds. The highest BCUT2D eigenvalue weighted by molar-refractivity contribution is 4.85. The molecule has 1 fully saturated rings. The third-order valence-corrected chi connectivity index (χ3v) is 2.50. The molecule has 0 aromatic heterocycles. The number of hydrogen-bond acceptors (Lipinski definition) is 3. The molecule has 96 valence electrons. The molecule has 0 aliphatic heterocycles. The molecule has 1 rings (SSSR count). The fraction of sp³-hybridized carbons (Fsp3) is 1.00. The quantitative estimate of drug-likeness (QED) is 0.646. The van der Waals surface area contributed by atoms with Crippen LogP contribution in [-0.2, 0) is 4.74 Å². The molecule has 16 heavy (non-hydrogen) atoms. The Morgan fingerprint density at radius 2 is 2.00 bits per heavy atom. The standard InChI is InChI=1S/C10H19F3N2O/c1-16-7-5-14-4-6-15(9-2-3-9)8-10(11,12)13/h9,14H,2-8H2,1H3. The third kappa shape index (κ3) is 6.30. The van der Waals surface area contributed by atoms with Gasteiger partial charge in [0.2, 0.25) is 0 Å². The minimum Gasteiger partial charge on any atom is -0.383 e. The van der Waals surface area contributed by atoms with Crippen molar-refractivity contribution in [1.82, 2.24) is 10.2 Å². The molecule has 0 heterocycles. The molecular weight excluding hydrogens is 221 g/mol. The topological polar surface area (TPSA) is 24.5 Å². The number of hydrogen-bond donors (Lipinski definition) is 1. The van der Waals surface area contributed by atoms with E-state index in [9.17, 15) is 13.2 Å². The average molecular weight is 240 g/mol. The second-order valence-corrected chi connectivity index (χ2v) is 4.06. The molecule has 0 bridgehead atoms. The molecule has 0 aromatic carbocycles. The van der Waals surface area contributed by atoms with E-state index in [1.807, 2.05) is 0 Å². The van der Waals surface area contributed by atoms with Gasteiger partial charge in [-0.25, -0.2) is 0 Å². The number of ether oxygens (including phenoxy) is 1. The third-order valence-electron chi connectivity index (χ3n) is 2.50. The minimum atomic E-state index is -4.09. The molecule has 0 unspecified atom stereocenters. The van der Waals surface area contributed by atoms with Crippen LogP contribution >= 0.6 is 0 Å². The van der Waals surface area contributed by atoms with E-state index in [2.05, 4.69) is 5.32 Å². The molecule has 1 N–H and O–H groups in total. The largest absolute Gasteiger partial charge is 0.401 e. The van der Waals surface area contributed by atoms with Gasteiger partial charge in [-0.2, -0.15) is 13.2 Å². The highest BCUT2D eigenvalue weighted by Crippen LogP contribution is 2.29. The van der Waals surface area contributed by atoms with E-state index in [1.165, 1.54) is 4.90 Å². The van der Waals surface area contributed by atoms with E-state index in [4.69, 9.17) is 4.74 Å². The smallest absolute Gasteiger partial charge is 0.383 e. The average Bonchev–Trinajstić information content (AvgIpc) is 2.97. The zero-order valence-electron chi connectivity index (χ0n) is 9.52. The van der Waals surface area contributed by atoms with E-state index in [1.54, 1.807) is 7.11 Å². The van der Waals surface area contributed by atoms with Gasteiger partial charge in [0.1, 0.15) is 0 Å². The molecule has 6 heteroatoms. The van der Waals surface area contributed by atoms with Crippen LogP contribution in [0.4, 0.5) is 13.2 Å². The molecule has 1 saturated carbocycles. The van der Waals surface area contributed by atoms with E-state index in [0.29, 0.717) is 26.2 Å². The molecular formula is C10H19F3N2O. The van der Waals surface area contributed by atoms with Gasteiger partial charge in [-0.1, -0.05) is 0 Å². The van der Waals surface area contributed by atoms with Crippen molar-refractivity contribution in [1.29, 1.82) is 0 Å². The maximum atomic E-state index is 12.2. The first-order valence-corrected chi connectivity index (χ1v) is 5.53. The summed E-state index contributed by atoms with van der Waals surface area (Å²) in [5.41, 5.74) is 0. The summed E-state index contributed by atoms with van der Waals surface area (Å²) in [6.07, 6.45) is -2.29. The first kappa shape index (κ1) is 13.7. The lowest BCUT2D eigenvalue weighted by molar-refractivity contribution is -0.147. The highest BCUT2D eigenvalue weighted by Gasteiger charge is 2.37. The molecule has 0 radical (unpaired) electrons. The van der Waals surface area contributed by atoms with Crippen LogP contribution in [0.2, 0.25) is 0 Å². The second kappa shape index (κ2) is 6.42. The van der Waals surface area contributed by atoms with Crippen LogP contribution in [0.3, 0.4) is 0 Å². The van der Waals surface area contributed by atoms with Gasteiger partial charge in [0.05, 0.1) is 13.2 Å². The fourth-order valence-electron chi connectivity index (χ4n) is 1.58. The van der Waals surface area contributed by atoms with Crippen molar-refractivity contribution in [2.45, 2.75) is 25.1 Å². The normalized spacial score (nSPS) is 17.1. The monoisotopic (exact) mass is 240 g/mol. The number of nitrogens with zero attached hydrogens (tertiary/aromatic N) is 1. The Balaban J connectivity index is 2.13. The number of rotatable bonds is 8. The van der Waals surface area contributed by atoms with Crippen molar-refractivity contribution < 1.29 is 17.9 Å². The number of alkyl halides is 3. The van der Waals surface area contributed by atoms with Crippen LogP contribution in [0, 0.1) is 0 Å². The van der Waals surface area contributed by atoms with Crippen LogP contribution in [-0.4, -0.2) is 57.0 Å². The first-order valence-electron chi connectivity index (χ1n) is 5.53. The van der Waals surface area contributed by atoms with Gasteiger partial charge < -0.3 is 10.1 Å². The van der Waals surface area contributed by atoms with Crippen LogP contribution < -0.4 is 5.32 Å². The molecule has 1 aliphatic rings. The second-order valence-electron chi connectivity index (χ2n) is 4.06. The van der Waals surface area contributed by atoms with Gasteiger partial charge in [-0.3, -0.25) is 4.90 Å². The molecule has 3 nitrogen and oxygen atoms in total. The van der Waals surface area contributed by atoms with Gasteiger partial charge in [0, 0.05) is 32.8 Å². The SMILES string of the molecule is COCCNCCN(CC(F)(F)F)C1CC1. The number of halogens is 3. The predicted octanol–water partition coefficient (Wildman–Crippen LogP) is 1.25. The molecule has 0 atom stereocenters. The number of nitrogens with one attached hydrogen (secondary N) is 1. The summed E-state index contributed by atoms with van der Waals surface area (Å²) in [6, 6.07) is 0.144. The predicted molar refractivity (Wildman–Crippen MR) is 55.4 cm³/mol. The number of methoxy groups -OCH3 is 1. The maximum Gasteiger partial charge on any atom is 0.401 e. The van der Waals surface area contributed by atoms with Crippen molar-refractivity contribution in [3.05, 3.63) is 0 Å². The molecule has 0 aromatic rings. The molecule has 1 aliphatic carbocycles. The Morgan fingerprint density at radius 3 is 2.50 bits per heavy atom. The lowest BCUT2D eigenvalue weighted by Crippen LogP contribution is -2.40. The Hall–Kier alpha value is -0.330. The summed E-state index contributed by atoms with van der Waals surface area (Å²) >= 11 is 0. The zero-order chi connectivity index (χ0) is 12.0. The van der Waals surface area contributed by atoms with Crippen molar-refractivity contribution >= 4 is 0 Å². The maximum absolute atomic E-state index is 12.2. The molecule has 0 saturated heterocycles.